The summed E-state index contributed by atoms with van der Waals surface area (Å²) in [5, 5.41) is 9.27. The summed E-state index contributed by atoms with van der Waals surface area (Å²) in [5.41, 5.74) is 6.15. The van der Waals surface area contributed by atoms with Gasteiger partial charge in [-0.3, -0.25) is 9.80 Å². The van der Waals surface area contributed by atoms with E-state index in [1.54, 1.807) is 0 Å². The minimum Gasteiger partial charge on any atom is -0.491 e. The van der Waals surface area contributed by atoms with Crippen molar-refractivity contribution in [1.29, 1.82) is 0 Å². The molecule has 0 unspecified atom stereocenters. The van der Waals surface area contributed by atoms with E-state index in [2.05, 4.69) is 84.1 Å². The first-order valence-electron chi connectivity index (χ1n) is 14.6. The summed E-state index contributed by atoms with van der Waals surface area (Å²) >= 11 is 0. The third-order valence-corrected chi connectivity index (χ3v) is 7.03. The van der Waals surface area contributed by atoms with Crippen molar-refractivity contribution in [3.8, 4) is 11.5 Å². The minimum absolute atomic E-state index is 0.113. The van der Waals surface area contributed by atoms with Crippen molar-refractivity contribution in [3.63, 3.8) is 0 Å². The van der Waals surface area contributed by atoms with Gasteiger partial charge in [-0.05, 0) is 89.1 Å². The lowest BCUT2D eigenvalue weighted by molar-refractivity contribution is 0.0336. The van der Waals surface area contributed by atoms with E-state index in [1.165, 1.54) is 0 Å². The Kier molecular flexibility index (Phi) is 11.1. The molecule has 8 nitrogen and oxygen atoms in total. The number of ether oxygens (including phenoxy) is 4. The van der Waals surface area contributed by atoms with E-state index in [-0.39, 0.29) is 12.2 Å². The minimum atomic E-state index is 0.113. The molecule has 8 heteroatoms. The summed E-state index contributed by atoms with van der Waals surface area (Å²) in [6.45, 7) is 20.7. The highest BCUT2D eigenvalue weighted by Gasteiger charge is 2.17. The average molecular weight is 551 g/mol. The quantitative estimate of drug-likeness (QED) is 0.285. The molecule has 0 aliphatic carbocycles. The molecule has 0 aromatic heterocycles. The Labute approximate surface area is 240 Å². The van der Waals surface area contributed by atoms with Gasteiger partial charge in [0.2, 0.25) is 0 Å². The fourth-order valence-electron chi connectivity index (χ4n) is 4.86. The third kappa shape index (κ3) is 8.86. The van der Waals surface area contributed by atoms with Crippen molar-refractivity contribution >= 4 is 11.4 Å². The molecule has 0 spiro atoms. The van der Waals surface area contributed by atoms with Crippen molar-refractivity contribution in [2.24, 2.45) is 10.2 Å². The first kappa shape index (κ1) is 30.2. The van der Waals surface area contributed by atoms with Crippen molar-refractivity contribution in [2.45, 2.75) is 66.8 Å². The molecular formula is C32H46N4O4. The average Bonchev–Trinajstić information content (AvgIpc) is 2.94. The Morgan fingerprint density at radius 3 is 1.40 bits per heavy atom. The number of rotatable bonds is 11. The van der Waals surface area contributed by atoms with Crippen molar-refractivity contribution in [1.82, 2.24) is 9.80 Å². The van der Waals surface area contributed by atoms with E-state index in [9.17, 15) is 0 Å². The molecule has 2 aromatic carbocycles. The van der Waals surface area contributed by atoms with Crippen LogP contribution in [0.25, 0.3) is 0 Å². The van der Waals surface area contributed by atoms with Gasteiger partial charge in [0, 0.05) is 50.4 Å². The van der Waals surface area contributed by atoms with Gasteiger partial charge in [0.1, 0.15) is 11.5 Å². The van der Waals surface area contributed by atoms with E-state index in [1.807, 2.05) is 13.8 Å². The maximum absolute atomic E-state index is 6.13. The molecule has 2 fully saturated rings. The second-order valence-electron chi connectivity index (χ2n) is 11.1. The second-order valence-corrected chi connectivity index (χ2v) is 11.1. The molecule has 2 aliphatic heterocycles. The predicted molar refractivity (Wildman–Crippen MR) is 161 cm³/mol. The molecule has 0 bridgehead atoms. The van der Waals surface area contributed by atoms with E-state index >= 15 is 0 Å². The highest BCUT2D eigenvalue weighted by atomic mass is 16.5. The van der Waals surface area contributed by atoms with Crippen LogP contribution in [0.5, 0.6) is 11.5 Å². The Hall–Kier alpha value is -2.78. The van der Waals surface area contributed by atoms with Gasteiger partial charge in [-0.1, -0.05) is 0 Å². The summed E-state index contributed by atoms with van der Waals surface area (Å²) < 4.78 is 23.3. The molecule has 4 rings (SSSR count). The van der Waals surface area contributed by atoms with Crippen LogP contribution >= 0.6 is 0 Å². The van der Waals surface area contributed by atoms with Crippen LogP contribution in [-0.4, -0.2) is 86.0 Å². The molecule has 2 saturated heterocycles. The number of benzene rings is 2. The van der Waals surface area contributed by atoms with Crippen LogP contribution in [0, 0.1) is 0 Å². The topological polar surface area (TPSA) is 68.1 Å². The Balaban J connectivity index is 1.54. The van der Waals surface area contributed by atoms with Gasteiger partial charge in [-0.2, -0.15) is 10.2 Å². The number of hydrogen-bond donors (Lipinski definition) is 0. The lowest BCUT2D eigenvalue weighted by atomic mass is 10.1. The van der Waals surface area contributed by atoms with Crippen LogP contribution in [-0.2, 0) is 22.6 Å². The first-order chi connectivity index (χ1) is 19.3. The van der Waals surface area contributed by atoms with Crippen LogP contribution in [0.15, 0.2) is 46.6 Å². The molecule has 0 atom stereocenters. The fourth-order valence-corrected chi connectivity index (χ4v) is 4.86. The second kappa shape index (κ2) is 14.7. The van der Waals surface area contributed by atoms with Crippen LogP contribution in [0.1, 0.15) is 63.8 Å². The molecule has 0 saturated carbocycles. The molecule has 0 amide bonds. The molecule has 2 aromatic rings. The van der Waals surface area contributed by atoms with E-state index in [4.69, 9.17) is 18.9 Å². The van der Waals surface area contributed by atoms with Gasteiger partial charge in [0.15, 0.2) is 0 Å². The maximum atomic E-state index is 6.13. The van der Waals surface area contributed by atoms with Crippen LogP contribution in [0.3, 0.4) is 0 Å². The Morgan fingerprint density at radius 1 is 0.675 bits per heavy atom. The van der Waals surface area contributed by atoms with E-state index < -0.39 is 0 Å². The van der Waals surface area contributed by atoms with Gasteiger partial charge in [-0.15, -0.1) is 0 Å². The number of nitrogens with zero attached hydrogens (tertiary/aromatic N) is 4. The first-order valence-corrected chi connectivity index (χ1v) is 14.6. The summed E-state index contributed by atoms with van der Waals surface area (Å²) in [7, 11) is 0. The Morgan fingerprint density at radius 2 is 1.05 bits per heavy atom. The van der Waals surface area contributed by atoms with Crippen LogP contribution < -0.4 is 9.47 Å². The molecule has 218 valence electrons. The zero-order chi connectivity index (χ0) is 28.5. The predicted octanol–water partition coefficient (Wildman–Crippen LogP) is 5.16. The van der Waals surface area contributed by atoms with Gasteiger partial charge in [0.05, 0.1) is 50.1 Å². The van der Waals surface area contributed by atoms with Gasteiger partial charge < -0.3 is 18.9 Å². The molecule has 40 heavy (non-hydrogen) atoms. The van der Waals surface area contributed by atoms with Gasteiger partial charge in [0.25, 0.3) is 0 Å². The zero-order valence-corrected chi connectivity index (χ0v) is 25.1. The van der Waals surface area contributed by atoms with Gasteiger partial charge in [-0.25, -0.2) is 0 Å². The largest absolute Gasteiger partial charge is 0.491 e. The number of morpholine rings is 2. The molecule has 2 aliphatic rings. The molecule has 0 radical (unpaired) electrons. The molecular weight excluding hydrogens is 504 g/mol. The van der Waals surface area contributed by atoms with Crippen LogP contribution in [0.2, 0.25) is 0 Å². The SMILES string of the molecule is CC(=NN=C(C)c1ccc(OC(C)C)c(CN2CCOCC2)c1)c1ccc(OC(C)C)c(CN2CCOCC2)c1. The maximum Gasteiger partial charge on any atom is 0.124 e. The van der Waals surface area contributed by atoms with Crippen molar-refractivity contribution in [3.05, 3.63) is 58.7 Å². The van der Waals surface area contributed by atoms with Crippen molar-refractivity contribution < 1.29 is 18.9 Å². The fraction of sp³-hybridized carbons (Fsp3) is 0.562. The molecule has 0 N–H and O–H groups in total. The number of hydrogen-bond acceptors (Lipinski definition) is 8. The monoisotopic (exact) mass is 550 g/mol. The highest BCUT2D eigenvalue weighted by Crippen LogP contribution is 2.26. The smallest absolute Gasteiger partial charge is 0.124 e. The van der Waals surface area contributed by atoms with E-state index in [0.29, 0.717) is 0 Å². The van der Waals surface area contributed by atoms with Crippen LogP contribution in [0.4, 0.5) is 0 Å². The summed E-state index contributed by atoms with van der Waals surface area (Å²) in [6.07, 6.45) is 0.225. The van der Waals surface area contributed by atoms with E-state index in [0.717, 1.165) is 111 Å². The highest BCUT2D eigenvalue weighted by molar-refractivity contribution is 6.02. The normalized spacial score (nSPS) is 18.0. The summed E-state index contributed by atoms with van der Waals surface area (Å²) in [5.74, 6) is 1.85. The Bertz CT molecular complexity index is 1070. The van der Waals surface area contributed by atoms with Gasteiger partial charge >= 0.3 is 0 Å². The molecule has 2 heterocycles. The zero-order valence-electron chi connectivity index (χ0n) is 25.1. The lowest BCUT2D eigenvalue weighted by Gasteiger charge is -2.28. The summed E-state index contributed by atoms with van der Waals surface area (Å²) in [4.78, 5) is 4.82. The summed E-state index contributed by atoms with van der Waals surface area (Å²) in [6, 6.07) is 12.6. The third-order valence-electron chi connectivity index (χ3n) is 7.03. The lowest BCUT2D eigenvalue weighted by Crippen LogP contribution is -2.35. The standard InChI is InChI=1S/C32H46N4O4/c1-23(2)39-31-9-7-27(19-29(31)21-35-11-15-37-16-12-35)25(5)33-34-26(6)28-8-10-32(40-24(3)4)30(20-28)22-36-13-17-38-18-14-36/h7-10,19-20,23-24H,11-18,21-22H2,1-6H3. The van der Waals surface area contributed by atoms with Crippen molar-refractivity contribution in [2.75, 3.05) is 52.6 Å².